The van der Waals surface area contributed by atoms with Crippen LogP contribution in [0.4, 0.5) is 11.6 Å². The Morgan fingerprint density at radius 1 is 1.38 bits per heavy atom. The van der Waals surface area contributed by atoms with Crippen LogP contribution in [0.15, 0.2) is 45.8 Å². The molecule has 24 heavy (non-hydrogen) atoms. The molecule has 1 fully saturated rings. The topological polar surface area (TPSA) is 75.7 Å². The fourth-order valence-corrected chi connectivity index (χ4v) is 3.10. The van der Waals surface area contributed by atoms with Gasteiger partial charge in [-0.2, -0.15) is 0 Å². The molecular weight excluding hydrogens is 306 g/mol. The normalized spacial score (nSPS) is 17.5. The lowest BCUT2D eigenvalue weighted by molar-refractivity contribution is 0.345. The predicted molar refractivity (Wildman–Crippen MR) is 91.5 cm³/mol. The number of fused-ring (bicyclic) bond motifs is 1. The maximum atomic E-state index is 12.1. The van der Waals surface area contributed by atoms with Crippen LogP contribution in [-0.2, 0) is 0 Å². The number of hydrogen-bond acceptors (Lipinski definition) is 6. The minimum atomic E-state index is -0.182. The highest BCUT2D eigenvalue weighted by atomic mass is 16.5. The summed E-state index contributed by atoms with van der Waals surface area (Å²) in [4.78, 5) is 23.1. The first-order chi connectivity index (χ1) is 11.7. The lowest BCUT2D eigenvalue weighted by atomic mass is 10.1. The predicted octanol–water partition coefficient (Wildman–Crippen LogP) is 1.93. The third-order valence-corrected chi connectivity index (χ3v) is 4.30. The van der Waals surface area contributed by atoms with Crippen molar-refractivity contribution in [2.24, 2.45) is 5.92 Å². The molecule has 124 valence electrons. The van der Waals surface area contributed by atoms with E-state index in [1.54, 1.807) is 18.3 Å². The lowest BCUT2D eigenvalue weighted by Crippen LogP contribution is -2.25. The molecule has 1 aliphatic rings. The number of nitrogens with zero attached hydrogens (tertiary/aromatic N) is 4. The number of pyridine rings is 1. The summed E-state index contributed by atoms with van der Waals surface area (Å²) in [5.74, 6) is 2.79. The molecule has 0 aliphatic carbocycles. The van der Waals surface area contributed by atoms with E-state index in [0.29, 0.717) is 17.3 Å². The molecule has 0 unspecified atom stereocenters. The Morgan fingerprint density at radius 3 is 3.12 bits per heavy atom. The highest BCUT2D eigenvalue weighted by molar-refractivity contribution is 5.48. The van der Waals surface area contributed by atoms with E-state index in [9.17, 15) is 4.79 Å². The zero-order valence-electron chi connectivity index (χ0n) is 13.5. The molecule has 0 amide bonds. The van der Waals surface area contributed by atoms with Crippen molar-refractivity contribution in [3.63, 3.8) is 0 Å². The van der Waals surface area contributed by atoms with Gasteiger partial charge in [0.25, 0.3) is 5.56 Å². The van der Waals surface area contributed by atoms with Crippen LogP contribution in [0.3, 0.4) is 0 Å². The summed E-state index contributed by atoms with van der Waals surface area (Å²) in [7, 11) is 0. The second kappa shape index (κ2) is 5.99. The van der Waals surface area contributed by atoms with Crippen LogP contribution < -0.4 is 15.8 Å². The average Bonchev–Trinajstić information content (AvgIpc) is 3.20. The number of aromatic nitrogens is 3. The molecule has 3 aromatic rings. The Hall–Kier alpha value is -2.83. The molecule has 3 aromatic heterocycles. The molecule has 1 aliphatic heterocycles. The third kappa shape index (κ3) is 2.84. The fourth-order valence-electron chi connectivity index (χ4n) is 3.10. The standard InChI is InChI=1S/C17H19N5O2/c1-12-8-16-20-15(9-17(23)22(16)24-12)21-7-5-13(11-21)10-19-14-4-2-3-6-18-14/h2-4,6,8-9,13H,5,7,10-11H2,1H3,(H,18,19)/t13-/m0/s1. The Balaban J connectivity index is 1.45. The van der Waals surface area contributed by atoms with Crippen LogP contribution in [0.2, 0.25) is 0 Å². The molecule has 1 N–H and O–H groups in total. The molecular formula is C17H19N5O2. The summed E-state index contributed by atoms with van der Waals surface area (Å²) in [6.45, 7) is 4.44. The molecule has 0 bridgehead atoms. The van der Waals surface area contributed by atoms with Gasteiger partial charge in [-0.05, 0) is 31.4 Å². The van der Waals surface area contributed by atoms with Gasteiger partial charge in [-0.25, -0.2) is 9.97 Å². The quantitative estimate of drug-likeness (QED) is 0.790. The smallest absolute Gasteiger partial charge is 0.289 e. The van der Waals surface area contributed by atoms with Crippen molar-refractivity contribution in [1.82, 2.24) is 14.5 Å². The first kappa shape index (κ1) is 14.7. The molecule has 4 heterocycles. The molecule has 1 atom stereocenters. The average molecular weight is 325 g/mol. The largest absolute Gasteiger partial charge is 0.375 e. The number of anilines is 2. The summed E-state index contributed by atoms with van der Waals surface area (Å²) in [5.41, 5.74) is 0.378. The Kier molecular flexibility index (Phi) is 3.68. The second-order valence-electron chi connectivity index (χ2n) is 6.15. The van der Waals surface area contributed by atoms with Crippen LogP contribution in [-0.4, -0.2) is 34.2 Å². The van der Waals surface area contributed by atoms with E-state index in [2.05, 4.69) is 20.2 Å². The zero-order valence-corrected chi connectivity index (χ0v) is 13.5. The highest BCUT2D eigenvalue weighted by Crippen LogP contribution is 2.22. The van der Waals surface area contributed by atoms with Gasteiger partial charge in [0.05, 0.1) is 0 Å². The fraction of sp³-hybridized carbons (Fsp3) is 0.353. The molecule has 1 saturated heterocycles. The van der Waals surface area contributed by atoms with Crippen LogP contribution in [0.5, 0.6) is 0 Å². The van der Waals surface area contributed by atoms with Crippen LogP contribution in [0.1, 0.15) is 12.2 Å². The van der Waals surface area contributed by atoms with E-state index >= 15 is 0 Å². The molecule has 7 nitrogen and oxygen atoms in total. The van der Waals surface area contributed by atoms with Crippen molar-refractivity contribution >= 4 is 17.3 Å². The van der Waals surface area contributed by atoms with Crippen molar-refractivity contribution in [3.05, 3.63) is 52.6 Å². The van der Waals surface area contributed by atoms with E-state index in [1.165, 1.54) is 4.57 Å². The number of hydrogen-bond donors (Lipinski definition) is 1. The number of aryl methyl sites for hydroxylation is 1. The summed E-state index contributed by atoms with van der Waals surface area (Å²) >= 11 is 0. The van der Waals surface area contributed by atoms with Crippen molar-refractivity contribution in [1.29, 1.82) is 0 Å². The van der Waals surface area contributed by atoms with E-state index in [-0.39, 0.29) is 5.56 Å². The van der Waals surface area contributed by atoms with Crippen LogP contribution >= 0.6 is 0 Å². The minimum absolute atomic E-state index is 0.182. The van der Waals surface area contributed by atoms with Gasteiger partial charge < -0.3 is 14.7 Å². The molecule has 0 saturated carbocycles. The number of nitrogens with one attached hydrogen (secondary N) is 1. The maximum absolute atomic E-state index is 12.1. The van der Waals surface area contributed by atoms with Crippen molar-refractivity contribution in [2.75, 3.05) is 29.9 Å². The maximum Gasteiger partial charge on any atom is 0.289 e. The zero-order chi connectivity index (χ0) is 16.5. The Morgan fingerprint density at radius 2 is 2.29 bits per heavy atom. The molecule has 0 spiro atoms. The van der Waals surface area contributed by atoms with Crippen LogP contribution in [0.25, 0.3) is 5.65 Å². The summed E-state index contributed by atoms with van der Waals surface area (Å²) in [5, 5.41) is 3.36. The van der Waals surface area contributed by atoms with E-state index in [0.717, 1.165) is 37.7 Å². The van der Waals surface area contributed by atoms with Crippen molar-refractivity contribution in [3.8, 4) is 0 Å². The molecule has 4 rings (SSSR count). The first-order valence-corrected chi connectivity index (χ1v) is 8.09. The summed E-state index contributed by atoms with van der Waals surface area (Å²) in [6.07, 6.45) is 2.84. The van der Waals surface area contributed by atoms with Crippen LogP contribution in [0, 0.1) is 12.8 Å². The monoisotopic (exact) mass is 325 g/mol. The van der Waals surface area contributed by atoms with Gasteiger partial charge in [0.1, 0.15) is 17.4 Å². The molecule has 7 heteroatoms. The highest BCUT2D eigenvalue weighted by Gasteiger charge is 2.24. The van der Waals surface area contributed by atoms with Gasteiger partial charge in [0.2, 0.25) is 0 Å². The van der Waals surface area contributed by atoms with Gasteiger partial charge in [-0.15, -0.1) is 4.57 Å². The lowest BCUT2D eigenvalue weighted by Gasteiger charge is -2.17. The van der Waals surface area contributed by atoms with Gasteiger partial charge in [-0.3, -0.25) is 4.79 Å². The van der Waals surface area contributed by atoms with E-state index in [4.69, 9.17) is 4.52 Å². The minimum Gasteiger partial charge on any atom is -0.375 e. The van der Waals surface area contributed by atoms with E-state index in [1.807, 2.05) is 25.1 Å². The van der Waals surface area contributed by atoms with Crippen molar-refractivity contribution in [2.45, 2.75) is 13.3 Å². The third-order valence-electron chi connectivity index (χ3n) is 4.30. The van der Waals surface area contributed by atoms with E-state index < -0.39 is 0 Å². The summed E-state index contributed by atoms with van der Waals surface area (Å²) in [6, 6.07) is 9.16. The molecule has 0 aromatic carbocycles. The Bertz CT molecular complexity index is 902. The first-order valence-electron chi connectivity index (χ1n) is 8.09. The van der Waals surface area contributed by atoms with Gasteiger partial charge in [0.15, 0.2) is 5.65 Å². The number of rotatable bonds is 4. The SMILES string of the molecule is Cc1cc2nc(N3CC[C@@H](CNc4ccccn4)C3)cc(=O)n2o1. The van der Waals surface area contributed by atoms with Gasteiger partial charge >= 0.3 is 0 Å². The summed E-state index contributed by atoms with van der Waals surface area (Å²) < 4.78 is 6.56. The van der Waals surface area contributed by atoms with Gasteiger partial charge in [-0.1, -0.05) is 6.07 Å². The van der Waals surface area contributed by atoms with Gasteiger partial charge in [0, 0.05) is 38.0 Å². The van der Waals surface area contributed by atoms with Crippen molar-refractivity contribution < 1.29 is 4.52 Å². The molecule has 0 radical (unpaired) electrons. The second-order valence-corrected chi connectivity index (χ2v) is 6.15. The Labute approximate surface area is 138 Å².